The first-order chi connectivity index (χ1) is 9.29. The van der Waals surface area contributed by atoms with E-state index >= 15 is 0 Å². The smallest absolute Gasteiger partial charge is 0.141 e. The first kappa shape index (κ1) is 13.9. The Hall–Kier alpha value is -1.55. The summed E-state index contributed by atoms with van der Waals surface area (Å²) in [6.45, 7) is 2.98. The number of pyridine rings is 1. The lowest BCUT2D eigenvalue weighted by Crippen LogP contribution is -2.10. The molecule has 0 atom stereocenters. The molecule has 0 aliphatic carbocycles. The SMILES string of the molecule is Cc1ccc(OCCOc2ccccc2)c(CBr)n1. The number of aromatic nitrogens is 1. The minimum absolute atomic E-state index is 0.500. The van der Waals surface area contributed by atoms with Crippen LogP contribution in [-0.2, 0) is 5.33 Å². The zero-order valence-corrected chi connectivity index (χ0v) is 12.4. The maximum Gasteiger partial charge on any atom is 0.141 e. The first-order valence-electron chi connectivity index (χ1n) is 6.12. The Morgan fingerprint density at radius 2 is 1.74 bits per heavy atom. The number of benzene rings is 1. The van der Waals surface area contributed by atoms with Gasteiger partial charge in [0.25, 0.3) is 0 Å². The summed E-state index contributed by atoms with van der Waals surface area (Å²) >= 11 is 3.41. The molecular weight excluding hydrogens is 306 g/mol. The molecular formula is C15H16BrNO2. The van der Waals surface area contributed by atoms with Gasteiger partial charge in [0.2, 0.25) is 0 Å². The van der Waals surface area contributed by atoms with Gasteiger partial charge in [-0.25, -0.2) is 0 Å². The number of hydrogen-bond donors (Lipinski definition) is 0. The van der Waals surface area contributed by atoms with E-state index in [1.807, 2.05) is 49.4 Å². The summed E-state index contributed by atoms with van der Waals surface area (Å²) in [6, 6.07) is 13.6. The van der Waals surface area contributed by atoms with E-state index in [2.05, 4.69) is 20.9 Å². The highest BCUT2D eigenvalue weighted by Crippen LogP contribution is 2.19. The summed E-state index contributed by atoms with van der Waals surface area (Å²) in [5.74, 6) is 1.66. The fourth-order valence-electron chi connectivity index (χ4n) is 1.65. The zero-order chi connectivity index (χ0) is 13.5. The van der Waals surface area contributed by atoms with Gasteiger partial charge in [0, 0.05) is 11.0 Å². The summed E-state index contributed by atoms with van der Waals surface area (Å²) in [5, 5.41) is 0.684. The summed E-state index contributed by atoms with van der Waals surface area (Å²) in [6.07, 6.45) is 0. The van der Waals surface area contributed by atoms with Crippen LogP contribution in [0.25, 0.3) is 0 Å². The lowest BCUT2D eigenvalue weighted by atomic mass is 10.3. The van der Waals surface area contributed by atoms with Gasteiger partial charge in [-0.05, 0) is 31.2 Å². The van der Waals surface area contributed by atoms with Crippen LogP contribution in [0.5, 0.6) is 11.5 Å². The minimum Gasteiger partial charge on any atom is -0.490 e. The van der Waals surface area contributed by atoms with E-state index in [1.54, 1.807) is 0 Å². The van der Waals surface area contributed by atoms with Crippen molar-refractivity contribution in [3.05, 3.63) is 53.9 Å². The fourth-order valence-corrected chi connectivity index (χ4v) is 2.05. The van der Waals surface area contributed by atoms with E-state index in [1.165, 1.54) is 0 Å². The van der Waals surface area contributed by atoms with Gasteiger partial charge in [-0.2, -0.15) is 0 Å². The average molecular weight is 322 g/mol. The molecule has 0 fully saturated rings. The molecule has 0 amide bonds. The molecule has 100 valence electrons. The molecule has 2 rings (SSSR count). The fraction of sp³-hybridized carbons (Fsp3) is 0.267. The second kappa shape index (κ2) is 7.14. The summed E-state index contributed by atoms with van der Waals surface area (Å²) in [4.78, 5) is 4.42. The molecule has 3 nitrogen and oxygen atoms in total. The van der Waals surface area contributed by atoms with Gasteiger partial charge in [0.1, 0.15) is 24.7 Å². The molecule has 0 radical (unpaired) electrons. The number of nitrogens with zero attached hydrogens (tertiary/aromatic N) is 1. The van der Waals surface area contributed by atoms with Gasteiger partial charge < -0.3 is 9.47 Å². The third-order valence-corrected chi connectivity index (χ3v) is 3.08. The van der Waals surface area contributed by atoms with Crippen molar-refractivity contribution in [2.75, 3.05) is 13.2 Å². The second-order valence-electron chi connectivity index (χ2n) is 4.04. The number of ether oxygens (including phenoxy) is 2. The van der Waals surface area contributed by atoms with E-state index in [4.69, 9.17) is 9.47 Å². The highest BCUT2D eigenvalue weighted by molar-refractivity contribution is 9.08. The molecule has 0 saturated carbocycles. The minimum atomic E-state index is 0.500. The number of hydrogen-bond acceptors (Lipinski definition) is 3. The molecule has 1 aromatic carbocycles. The molecule has 0 spiro atoms. The average Bonchev–Trinajstić information content (AvgIpc) is 2.46. The van der Waals surface area contributed by atoms with E-state index in [0.717, 1.165) is 22.9 Å². The van der Waals surface area contributed by atoms with Crippen molar-refractivity contribution in [3.8, 4) is 11.5 Å². The first-order valence-corrected chi connectivity index (χ1v) is 7.25. The Bertz CT molecular complexity index is 517. The molecule has 0 unspecified atom stereocenters. The molecule has 19 heavy (non-hydrogen) atoms. The third-order valence-electron chi connectivity index (χ3n) is 2.55. The predicted molar refractivity (Wildman–Crippen MR) is 79.0 cm³/mol. The van der Waals surface area contributed by atoms with Crippen LogP contribution >= 0.6 is 15.9 Å². The number of aryl methyl sites for hydroxylation is 1. The molecule has 1 heterocycles. The Morgan fingerprint density at radius 3 is 2.47 bits per heavy atom. The lowest BCUT2D eigenvalue weighted by Gasteiger charge is -2.11. The van der Waals surface area contributed by atoms with Gasteiger partial charge in [-0.15, -0.1) is 0 Å². The molecule has 4 heteroatoms. The van der Waals surface area contributed by atoms with Gasteiger partial charge in [-0.1, -0.05) is 34.1 Å². The third kappa shape index (κ3) is 4.24. The Morgan fingerprint density at radius 1 is 1.00 bits per heavy atom. The Balaban J connectivity index is 1.83. The quantitative estimate of drug-likeness (QED) is 0.600. The van der Waals surface area contributed by atoms with Crippen LogP contribution in [-0.4, -0.2) is 18.2 Å². The molecule has 0 saturated heterocycles. The van der Waals surface area contributed by atoms with Gasteiger partial charge in [0.05, 0.1) is 5.69 Å². The van der Waals surface area contributed by atoms with E-state index in [-0.39, 0.29) is 0 Å². The van der Waals surface area contributed by atoms with E-state index in [0.29, 0.717) is 18.5 Å². The van der Waals surface area contributed by atoms with Gasteiger partial charge in [-0.3, -0.25) is 4.98 Å². The second-order valence-corrected chi connectivity index (χ2v) is 4.60. The highest BCUT2D eigenvalue weighted by atomic mass is 79.9. The van der Waals surface area contributed by atoms with Crippen molar-refractivity contribution in [1.29, 1.82) is 0 Å². The Kier molecular flexibility index (Phi) is 5.21. The van der Waals surface area contributed by atoms with Crippen molar-refractivity contribution in [3.63, 3.8) is 0 Å². The standard InChI is InChI=1S/C15H16BrNO2/c1-12-7-8-15(14(11-16)17-12)19-10-9-18-13-5-3-2-4-6-13/h2-8H,9-11H2,1H3. The summed E-state index contributed by atoms with van der Waals surface area (Å²) < 4.78 is 11.3. The number of rotatable bonds is 6. The molecule has 2 aromatic rings. The normalized spacial score (nSPS) is 10.2. The molecule has 0 aliphatic rings. The predicted octanol–water partition coefficient (Wildman–Crippen LogP) is 3.74. The molecule has 0 aliphatic heterocycles. The lowest BCUT2D eigenvalue weighted by molar-refractivity contribution is 0.215. The highest BCUT2D eigenvalue weighted by Gasteiger charge is 2.04. The van der Waals surface area contributed by atoms with Crippen molar-refractivity contribution in [2.24, 2.45) is 0 Å². The maximum atomic E-state index is 5.69. The summed E-state index contributed by atoms with van der Waals surface area (Å²) in [7, 11) is 0. The topological polar surface area (TPSA) is 31.4 Å². The number of halogens is 1. The van der Waals surface area contributed by atoms with Gasteiger partial charge in [0.15, 0.2) is 0 Å². The molecule has 0 N–H and O–H groups in total. The maximum absolute atomic E-state index is 5.69. The van der Waals surface area contributed by atoms with Crippen molar-refractivity contribution in [2.45, 2.75) is 12.3 Å². The summed E-state index contributed by atoms with van der Waals surface area (Å²) in [5.41, 5.74) is 1.90. The molecule has 0 bridgehead atoms. The van der Waals surface area contributed by atoms with Crippen LogP contribution in [0.2, 0.25) is 0 Å². The van der Waals surface area contributed by atoms with Crippen LogP contribution in [0.1, 0.15) is 11.4 Å². The van der Waals surface area contributed by atoms with Crippen LogP contribution in [0, 0.1) is 6.92 Å². The number of para-hydroxylation sites is 1. The zero-order valence-electron chi connectivity index (χ0n) is 10.8. The van der Waals surface area contributed by atoms with Crippen LogP contribution in [0.4, 0.5) is 0 Å². The van der Waals surface area contributed by atoms with E-state index < -0.39 is 0 Å². The van der Waals surface area contributed by atoms with Gasteiger partial charge >= 0.3 is 0 Å². The Labute approximate surface area is 121 Å². The van der Waals surface area contributed by atoms with E-state index in [9.17, 15) is 0 Å². The van der Waals surface area contributed by atoms with Crippen molar-refractivity contribution in [1.82, 2.24) is 4.98 Å². The van der Waals surface area contributed by atoms with Crippen LogP contribution in [0.3, 0.4) is 0 Å². The van der Waals surface area contributed by atoms with Crippen LogP contribution < -0.4 is 9.47 Å². The van der Waals surface area contributed by atoms with Crippen molar-refractivity contribution < 1.29 is 9.47 Å². The van der Waals surface area contributed by atoms with Crippen molar-refractivity contribution >= 4 is 15.9 Å². The molecule has 1 aromatic heterocycles. The monoisotopic (exact) mass is 321 g/mol. The van der Waals surface area contributed by atoms with Crippen LogP contribution in [0.15, 0.2) is 42.5 Å². The largest absolute Gasteiger partial charge is 0.490 e. The number of alkyl halides is 1.